The van der Waals surface area contributed by atoms with Crippen molar-refractivity contribution in [2.24, 2.45) is 0 Å². The van der Waals surface area contributed by atoms with Gasteiger partial charge in [0.25, 0.3) is 0 Å². The molecule has 3 nitrogen and oxygen atoms in total. The number of terminal acetylenes is 1. The van der Waals surface area contributed by atoms with Gasteiger partial charge in [-0.1, -0.05) is 5.92 Å². The van der Waals surface area contributed by atoms with Gasteiger partial charge in [-0.15, -0.1) is 6.42 Å². The molecule has 0 aliphatic carbocycles. The van der Waals surface area contributed by atoms with E-state index in [1.807, 2.05) is 6.92 Å². The monoisotopic (exact) mass is 210 g/mol. The zero-order valence-corrected chi connectivity index (χ0v) is 9.67. The van der Waals surface area contributed by atoms with Crippen LogP contribution in [0.2, 0.25) is 0 Å². The van der Waals surface area contributed by atoms with Crippen LogP contribution < -0.4 is 5.32 Å². The average molecular weight is 210 g/mol. The third-order valence-corrected chi connectivity index (χ3v) is 2.79. The van der Waals surface area contributed by atoms with Gasteiger partial charge >= 0.3 is 0 Å². The molecule has 0 aromatic carbocycles. The summed E-state index contributed by atoms with van der Waals surface area (Å²) < 4.78 is 5.28. The molecular formula is C12H22N2O. The fourth-order valence-corrected chi connectivity index (χ4v) is 1.90. The molecule has 0 unspecified atom stereocenters. The predicted octanol–water partition coefficient (Wildman–Crippen LogP) is 0.710. The highest BCUT2D eigenvalue weighted by molar-refractivity contribution is 4.90. The number of hydrogen-bond donors (Lipinski definition) is 1. The van der Waals surface area contributed by atoms with Crippen LogP contribution in [0.15, 0.2) is 0 Å². The van der Waals surface area contributed by atoms with Gasteiger partial charge < -0.3 is 10.1 Å². The van der Waals surface area contributed by atoms with Gasteiger partial charge in [0.2, 0.25) is 0 Å². The van der Waals surface area contributed by atoms with Gasteiger partial charge in [0.1, 0.15) is 0 Å². The van der Waals surface area contributed by atoms with Crippen molar-refractivity contribution in [1.82, 2.24) is 10.2 Å². The minimum atomic E-state index is 0.652. The van der Waals surface area contributed by atoms with Crippen LogP contribution in [0.25, 0.3) is 0 Å². The quantitative estimate of drug-likeness (QED) is 0.516. The first-order valence-corrected chi connectivity index (χ1v) is 5.83. The lowest BCUT2D eigenvalue weighted by Crippen LogP contribution is -2.43. The maximum absolute atomic E-state index is 5.28. The highest BCUT2D eigenvalue weighted by Gasteiger charge is 2.17. The maximum Gasteiger partial charge on any atom is 0.0598 e. The second-order valence-corrected chi connectivity index (χ2v) is 3.91. The van der Waals surface area contributed by atoms with E-state index in [0.29, 0.717) is 6.04 Å². The number of nitrogens with zero attached hydrogens (tertiary/aromatic N) is 1. The van der Waals surface area contributed by atoms with Crippen LogP contribution in [0.3, 0.4) is 0 Å². The largest absolute Gasteiger partial charge is 0.380 e. The fraction of sp³-hybridized carbons (Fsp3) is 0.833. The summed E-state index contributed by atoms with van der Waals surface area (Å²) in [6.07, 6.45) is 7.69. The Hall–Kier alpha value is -0.560. The van der Waals surface area contributed by atoms with E-state index in [0.717, 1.165) is 39.4 Å². The number of piperidine rings is 1. The van der Waals surface area contributed by atoms with E-state index >= 15 is 0 Å². The zero-order valence-electron chi connectivity index (χ0n) is 9.67. The van der Waals surface area contributed by atoms with E-state index in [2.05, 4.69) is 16.1 Å². The predicted molar refractivity (Wildman–Crippen MR) is 62.8 cm³/mol. The summed E-state index contributed by atoms with van der Waals surface area (Å²) in [6, 6.07) is 0.652. The molecule has 15 heavy (non-hydrogen) atoms. The van der Waals surface area contributed by atoms with Crippen molar-refractivity contribution in [3.8, 4) is 12.3 Å². The summed E-state index contributed by atoms with van der Waals surface area (Å²) in [4.78, 5) is 2.33. The molecule has 1 rings (SSSR count). The molecule has 86 valence electrons. The molecule has 0 aromatic rings. The Labute approximate surface area is 93.2 Å². The summed E-state index contributed by atoms with van der Waals surface area (Å²) in [5, 5.41) is 3.52. The summed E-state index contributed by atoms with van der Waals surface area (Å²) in [5.74, 6) is 2.70. The lowest BCUT2D eigenvalue weighted by atomic mass is 10.1. The van der Waals surface area contributed by atoms with Crippen molar-refractivity contribution >= 4 is 0 Å². The summed E-state index contributed by atoms with van der Waals surface area (Å²) >= 11 is 0. The van der Waals surface area contributed by atoms with Gasteiger partial charge in [-0.3, -0.25) is 4.90 Å². The van der Waals surface area contributed by atoms with E-state index < -0.39 is 0 Å². The van der Waals surface area contributed by atoms with E-state index in [1.54, 1.807) is 0 Å². The molecule has 1 saturated heterocycles. The third-order valence-electron chi connectivity index (χ3n) is 2.79. The van der Waals surface area contributed by atoms with E-state index in [4.69, 9.17) is 11.2 Å². The van der Waals surface area contributed by atoms with Gasteiger partial charge in [0, 0.05) is 32.3 Å². The first-order chi connectivity index (χ1) is 7.36. The molecule has 0 aromatic heterocycles. The molecule has 1 aliphatic heterocycles. The Balaban J connectivity index is 2.02. The van der Waals surface area contributed by atoms with Crippen LogP contribution >= 0.6 is 0 Å². The number of likely N-dealkylation sites (tertiary alicyclic amines) is 1. The lowest BCUT2D eigenvalue weighted by molar-refractivity contribution is 0.140. The van der Waals surface area contributed by atoms with Crippen molar-refractivity contribution in [3.63, 3.8) is 0 Å². The fourth-order valence-electron chi connectivity index (χ4n) is 1.90. The lowest BCUT2D eigenvalue weighted by Gasteiger charge is -2.31. The van der Waals surface area contributed by atoms with Crippen molar-refractivity contribution in [1.29, 1.82) is 0 Å². The van der Waals surface area contributed by atoms with Gasteiger partial charge in [0.15, 0.2) is 0 Å². The smallest absolute Gasteiger partial charge is 0.0598 e. The molecule has 1 aliphatic rings. The molecule has 0 bridgehead atoms. The zero-order chi connectivity index (χ0) is 10.9. The van der Waals surface area contributed by atoms with E-state index in [9.17, 15) is 0 Å². The van der Waals surface area contributed by atoms with Crippen LogP contribution in [0.1, 0.15) is 19.8 Å². The summed E-state index contributed by atoms with van der Waals surface area (Å²) in [6.45, 7) is 7.66. The number of hydrogen-bond acceptors (Lipinski definition) is 3. The average Bonchev–Trinajstić information content (AvgIpc) is 2.27. The van der Waals surface area contributed by atoms with Gasteiger partial charge in [0.05, 0.1) is 13.2 Å². The van der Waals surface area contributed by atoms with Crippen molar-refractivity contribution in [2.45, 2.75) is 25.8 Å². The third kappa shape index (κ3) is 5.17. The van der Waals surface area contributed by atoms with Crippen molar-refractivity contribution in [2.75, 3.05) is 39.4 Å². The van der Waals surface area contributed by atoms with Gasteiger partial charge in [-0.2, -0.15) is 0 Å². The second-order valence-electron chi connectivity index (χ2n) is 3.91. The molecular weight excluding hydrogens is 188 g/mol. The molecule has 1 heterocycles. The number of rotatable bonds is 6. The minimum Gasteiger partial charge on any atom is -0.380 e. The Morgan fingerprint density at radius 2 is 2.20 bits per heavy atom. The second kappa shape index (κ2) is 7.70. The minimum absolute atomic E-state index is 0.652. The van der Waals surface area contributed by atoms with Crippen molar-refractivity contribution in [3.05, 3.63) is 0 Å². The Bertz CT molecular complexity index is 192. The number of nitrogens with one attached hydrogen (secondary N) is 1. The molecule has 0 spiro atoms. The van der Waals surface area contributed by atoms with Crippen LogP contribution in [0, 0.1) is 12.3 Å². The summed E-state index contributed by atoms with van der Waals surface area (Å²) in [5.41, 5.74) is 0. The first-order valence-electron chi connectivity index (χ1n) is 5.83. The summed E-state index contributed by atoms with van der Waals surface area (Å²) in [7, 11) is 0. The van der Waals surface area contributed by atoms with Gasteiger partial charge in [-0.05, 0) is 19.8 Å². The molecule has 1 fully saturated rings. The van der Waals surface area contributed by atoms with Crippen LogP contribution in [0.4, 0.5) is 0 Å². The number of ether oxygens (including phenoxy) is 1. The van der Waals surface area contributed by atoms with E-state index in [1.165, 1.54) is 12.8 Å². The molecule has 0 atom stereocenters. The van der Waals surface area contributed by atoms with Gasteiger partial charge in [-0.25, -0.2) is 0 Å². The SMILES string of the molecule is C#CCN1CCC(NCCOCC)CC1. The Morgan fingerprint density at radius 1 is 1.47 bits per heavy atom. The molecule has 0 radical (unpaired) electrons. The first kappa shape index (κ1) is 12.5. The maximum atomic E-state index is 5.28. The van der Waals surface area contributed by atoms with Crippen LogP contribution in [-0.4, -0.2) is 50.3 Å². The van der Waals surface area contributed by atoms with Crippen LogP contribution in [-0.2, 0) is 4.74 Å². The Kier molecular flexibility index (Phi) is 6.42. The van der Waals surface area contributed by atoms with Crippen LogP contribution in [0.5, 0.6) is 0 Å². The Morgan fingerprint density at radius 3 is 2.80 bits per heavy atom. The highest BCUT2D eigenvalue weighted by atomic mass is 16.5. The standard InChI is InChI=1S/C12H22N2O/c1-3-8-14-9-5-12(6-10-14)13-7-11-15-4-2/h1,12-13H,4-11H2,2H3. The molecule has 1 N–H and O–H groups in total. The van der Waals surface area contributed by atoms with Crippen molar-refractivity contribution < 1.29 is 4.74 Å². The highest BCUT2D eigenvalue weighted by Crippen LogP contribution is 2.09. The van der Waals surface area contributed by atoms with E-state index in [-0.39, 0.29) is 0 Å². The normalized spacial score (nSPS) is 18.9. The molecule has 3 heteroatoms. The molecule has 0 saturated carbocycles. The molecule has 0 amide bonds. The topological polar surface area (TPSA) is 24.5 Å².